The fourth-order valence-corrected chi connectivity index (χ4v) is 1.98. The van der Waals surface area contributed by atoms with Crippen LogP contribution in [0.5, 0.6) is 0 Å². The molecule has 1 heterocycles. The molecule has 0 N–H and O–H groups in total. The van der Waals surface area contributed by atoms with Gasteiger partial charge in [-0.2, -0.15) is 0 Å². The van der Waals surface area contributed by atoms with Crippen molar-refractivity contribution in [2.24, 2.45) is 5.92 Å². The van der Waals surface area contributed by atoms with Crippen molar-refractivity contribution in [3.05, 3.63) is 0 Å². The lowest BCUT2D eigenvalue weighted by atomic mass is 10.0. The van der Waals surface area contributed by atoms with Gasteiger partial charge in [0.1, 0.15) is 0 Å². The first-order valence-corrected chi connectivity index (χ1v) is 4.98. The molecule has 11 heavy (non-hydrogen) atoms. The number of rotatable bonds is 3. The van der Waals surface area contributed by atoms with Crippen molar-refractivity contribution in [1.82, 2.24) is 4.90 Å². The van der Waals surface area contributed by atoms with Crippen LogP contribution in [0.1, 0.15) is 40.0 Å². The van der Waals surface area contributed by atoms with E-state index in [1.807, 2.05) is 0 Å². The minimum Gasteiger partial charge on any atom is -0.301 e. The van der Waals surface area contributed by atoms with E-state index in [4.69, 9.17) is 0 Å². The van der Waals surface area contributed by atoms with Crippen LogP contribution < -0.4 is 0 Å². The largest absolute Gasteiger partial charge is 0.301 e. The van der Waals surface area contributed by atoms with Gasteiger partial charge in [-0.1, -0.05) is 13.3 Å². The second kappa shape index (κ2) is 4.10. The van der Waals surface area contributed by atoms with E-state index in [9.17, 15) is 0 Å². The Morgan fingerprint density at radius 3 is 2.64 bits per heavy atom. The zero-order valence-electron chi connectivity index (χ0n) is 8.14. The molecule has 0 radical (unpaired) electrons. The summed E-state index contributed by atoms with van der Waals surface area (Å²) in [5.41, 5.74) is 0. The quantitative estimate of drug-likeness (QED) is 0.605. The lowest BCUT2D eigenvalue weighted by Gasteiger charge is -2.19. The predicted molar refractivity (Wildman–Crippen MR) is 49.7 cm³/mol. The minimum absolute atomic E-state index is 0.761. The van der Waals surface area contributed by atoms with Crippen molar-refractivity contribution in [3.8, 4) is 0 Å². The Hall–Kier alpha value is -0.0400. The lowest BCUT2D eigenvalue weighted by Crippen LogP contribution is -2.28. The van der Waals surface area contributed by atoms with Crippen molar-refractivity contribution in [3.63, 3.8) is 0 Å². The molecule has 0 spiro atoms. The maximum absolute atomic E-state index is 2.60. The summed E-state index contributed by atoms with van der Waals surface area (Å²) in [6.45, 7) is 9.58. The third-order valence-corrected chi connectivity index (χ3v) is 2.74. The SMILES string of the molecule is CCCC1CCN(C(C)C)C1. The van der Waals surface area contributed by atoms with Gasteiger partial charge in [0, 0.05) is 12.6 Å². The molecule has 0 saturated carbocycles. The molecule has 0 aromatic carbocycles. The van der Waals surface area contributed by atoms with Crippen LogP contribution in [0.25, 0.3) is 0 Å². The van der Waals surface area contributed by atoms with Crippen LogP contribution in [-0.2, 0) is 0 Å². The highest BCUT2D eigenvalue weighted by molar-refractivity contribution is 4.77. The normalized spacial score (nSPS) is 26.7. The number of likely N-dealkylation sites (tertiary alicyclic amines) is 1. The van der Waals surface area contributed by atoms with Crippen molar-refractivity contribution in [1.29, 1.82) is 0 Å². The van der Waals surface area contributed by atoms with Gasteiger partial charge in [-0.3, -0.25) is 0 Å². The smallest absolute Gasteiger partial charge is 0.00387 e. The molecule has 66 valence electrons. The zero-order chi connectivity index (χ0) is 8.27. The van der Waals surface area contributed by atoms with Gasteiger partial charge in [0.15, 0.2) is 0 Å². The van der Waals surface area contributed by atoms with E-state index >= 15 is 0 Å². The van der Waals surface area contributed by atoms with Crippen LogP contribution in [-0.4, -0.2) is 24.0 Å². The summed E-state index contributed by atoms with van der Waals surface area (Å²) in [5.74, 6) is 1.00. The highest BCUT2D eigenvalue weighted by Gasteiger charge is 2.22. The topological polar surface area (TPSA) is 3.24 Å². The molecule has 1 heteroatoms. The molecule has 1 nitrogen and oxygen atoms in total. The molecule has 0 bridgehead atoms. The minimum atomic E-state index is 0.761. The van der Waals surface area contributed by atoms with E-state index < -0.39 is 0 Å². The van der Waals surface area contributed by atoms with Gasteiger partial charge in [-0.25, -0.2) is 0 Å². The Kier molecular flexibility index (Phi) is 3.38. The Morgan fingerprint density at radius 2 is 2.18 bits per heavy atom. The van der Waals surface area contributed by atoms with E-state index in [1.165, 1.54) is 32.4 Å². The van der Waals surface area contributed by atoms with Crippen molar-refractivity contribution in [2.75, 3.05) is 13.1 Å². The summed E-state index contributed by atoms with van der Waals surface area (Å²) in [6, 6.07) is 0.761. The molecule has 0 aliphatic carbocycles. The Morgan fingerprint density at radius 1 is 1.45 bits per heavy atom. The van der Waals surface area contributed by atoms with Crippen molar-refractivity contribution >= 4 is 0 Å². The van der Waals surface area contributed by atoms with Crippen molar-refractivity contribution in [2.45, 2.75) is 46.1 Å². The van der Waals surface area contributed by atoms with E-state index in [2.05, 4.69) is 25.7 Å². The van der Waals surface area contributed by atoms with Gasteiger partial charge in [-0.15, -0.1) is 0 Å². The lowest BCUT2D eigenvalue weighted by molar-refractivity contribution is 0.263. The van der Waals surface area contributed by atoms with Gasteiger partial charge >= 0.3 is 0 Å². The molecule has 0 aromatic heterocycles. The fraction of sp³-hybridized carbons (Fsp3) is 1.00. The van der Waals surface area contributed by atoms with Gasteiger partial charge in [-0.05, 0) is 39.2 Å². The van der Waals surface area contributed by atoms with Crippen LogP contribution in [0, 0.1) is 5.92 Å². The Bertz CT molecular complexity index is 109. The molecule has 1 atom stereocenters. The first kappa shape index (κ1) is 9.05. The highest BCUT2D eigenvalue weighted by atomic mass is 15.2. The third-order valence-electron chi connectivity index (χ3n) is 2.74. The van der Waals surface area contributed by atoms with Crippen LogP contribution in [0.15, 0.2) is 0 Å². The van der Waals surface area contributed by atoms with Crippen LogP contribution >= 0.6 is 0 Å². The summed E-state index contributed by atoms with van der Waals surface area (Å²) >= 11 is 0. The summed E-state index contributed by atoms with van der Waals surface area (Å²) in [4.78, 5) is 2.60. The highest BCUT2D eigenvalue weighted by Crippen LogP contribution is 2.22. The molecule has 0 aromatic rings. The van der Waals surface area contributed by atoms with Crippen LogP contribution in [0.4, 0.5) is 0 Å². The molecule has 0 amide bonds. The second-order valence-electron chi connectivity index (χ2n) is 4.03. The van der Waals surface area contributed by atoms with E-state index in [-0.39, 0.29) is 0 Å². The number of hydrogen-bond donors (Lipinski definition) is 0. The predicted octanol–water partition coefficient (Wildman–Crippen LogP) is 2.52. The van der Waals surface area contributed by atoms with E-state index in [0.29, 0.717) is 0 Å². The molecular formula is C10H21N. The first-order chi connectivity index (χ1) is 5.24. The van der Waals surface area contributed by atoms with Crippen LogP contribution in [0.3, 0.4) is 0 Å². The Labute approximate surface area is 70.8 Å². The number of nitrogens with zero attached hydrogens (tertiary/aromatic N) is 1. The molecule has 1 rings (SSSR count). The first-order valence-electron chi connectivity index (χ1n) is 4.98. The molecule has 1 fully saturated rings. The molecular weight excluding hydrogens is 134 g/mol. The fourth-order valence-electron chi connectivity index (χ4n) is 1.98. The summed E-state index contributed by atoms with van der Waals surface area (Å²) < 4.78 is 0. The Balaban J connectivity index is 2.23. The maximum Gasteiger partial charge on any atom is 0.00387 e. The summed E-state index contributed by atoms with van der Waals surface area (Å²) in [5, 5.41) is 0. The maximum atomic E-state index is 2.60. The second-order valence-corrected chi connectivity index (χ2v) is 4.03. The molecule has 1 aliphatic rings. The van der Waals surface area contributed by atoms with Gasteiger partial charge in [0.05, 0.1) is 0 Å². The summed E-state index contributed by atoms with van der Waals surface area (Å²) in [6.07, 6.45) is 4.23. The van der Waals surface area contributed by atoms with Crippen molar-refractivity contribution < 1.29 is 0 Å². The third kappa shape index (κ3) is 2.48. The molecule has 1 aliphatic heterocycles. The van der Waals surface area contributed by atoms with E-state index in [1.54, 1.807) is 0 Å². The monoisotopic (exact) mass is 155 g/mol. The zero-order valence-corrected chi connectivity index (χ0v) is 8.14. The average molecular weight is 155 g/mol. The van der Waals surface area contributed by atoms with Gasteiger partial charge < -0.3 is 4.90 Å². The average Bonchev–Trinajstić information content (AvgIpc) is 2.37. The van der Waals surface area contributed by atoms with Gasteiger partial charge in [0.25, 0.3) is 0 Å². The van der Waals surface area contributed by atoms with Crippen LogP contribution in [0.2, 0.25) is 0 Å². The number of hydrogen-bond acceptors (Lipinski definition) is 1. The van der Waals surface area contributed by atoms with Gasteiger partial charge in [0.2, 0.25) is 0 Å². The summed E-state index contributed by atoms with van der Waals surface area (Å²) in [7, 11) is 0. The molecule has 1 saturated heterocycles. The molecule has 1 unspecified atom stereocenters. The standard InChI is InChI=1S/C10H21N/c1-4-5-10-6-7-11(8-10)9(2)3/h9-10H,4-8H2,1-3H3. The van der Waals surface area contributed by atoms with E-state index in [0.717, 1.165) is 12.0 Å².